The van der Waals surface area contributed by atoms with Gasteiger partial charge in [0.25, 0.3) is 0 Å². The summed E-state index contributed by atoms with van der Waals surface area (Å²) in [6.07, 6.45) is 0.709. The molecule has 0 aliphatic heterocycles. The van der Waals surface area contributed by atoms with Gasteiger partial charge in [0.2, 0.25) is 0 Å². The maximum atomic E-state index is 11.1. The third-order valence-electron chi connectivity index (χ3n) is 1.82. The van der Waals surface area contributed by atoms with Crippen LogP contribution in [0.4, 0.5) is 0 Å². The van der Waals surface area contributed by atoms with E-state index in [1.165, 1.54) is 14.2 Å². The average molecular weight is 234 g/mol. The molecule has 0 atom stereocenters. The lowest BCUT2D eigenvalue weighted by Crippen LogP contribution is -2.22. The first-order valence-corrected chi connectivity index (χ1v) is 5.67. The monoisotopic (exact) mass is 234 g/mol. The van der Waals surface area contributed by atoms with Crippen molar-refractivity contribution >= 4 is 23.7 Å². The van der Waals surface area contributed by atoms with Gasteiger partial charge < -0.3 is 9.47 Å². The highest BCUT2D eigenvalue weighted by atomic mass is 32.2. The van der Waals surface area contributed by atoms with Crippen LogP contribution in [0.25, 0.3) is 0 Å². The number of hydrogen-bond donors (Lipinski definition) is 0. The SMILES string of the molecule is COC(=O)CCSC(C)(C)CC(=O)OC. The molecule has 0 aliphatic rings. The van der Waals surface area contributed by atoms with Crippen molar-refractivity contribution in [2.45, 2.75) is 31.4 Å². The third kappa shape index (κ3) is 7.25. The van der Waals surface area contributed by atoms with E-state index >= 15 is 0 Å². The largest absolute Gasteiger partial charge is 0.469 e. The van der Waals surface area contributed by atoms with Gasteiger partial charge in [-0.05, 0) is 0 Å². The van der Waals surface area contributed by atoms with Gasteiger partial charge >= 0.3 is 11.9 Å². The van der Waals surface area contributed by atoms with Crippen LogP contribution in [0.3, 0.4) is 0 Å². The zero-order chi connectivity index (χ0) is 11.9. The van der Waals surface area contributed by atoms with Crippen LogP contribution in [-0.4, -0.2) is 36.7 Å². The Morgan fingerprint density at radius 3 is 2.13 bits per heavy atom. The number of thioether (sulfide) groups is 1. The normalized spacial score (nSPS) is 10.9. The summed E-state index contributed by atoms with van der Waals surface area (Å²) in [4.78, 5) is 21.9. The van der Waals surface area contributed by atoms with Gasteiger partial charge in [0.1, 0.15) is 0 Å². The van der Waals surface area contributed by atoms with E-state index < -0.39 is 0 Å². The quantitative estimate of drug-likeness (QED) is 0.654. The molecule has 0 bridgehead atoms. The summed E-state index contributed by atoms with van der Waals surface area (Å²) in [5.74, 6) is 0.193. The van der Waals surface area contributed by atoms with Crippen molar-refractivity contribution in [3.8, 4) is 0 Å². The number of rotatable bonds is 6. The minimum absolute atomic E-state index is 0.207. The zero-order valence-corrected chi connectivity index (χ0v) is 10.5. The third-order valence-corrected chi connectivity index (χ3v) is 3.16. The van der Waals surface area contributed by atoms with E-state index in [-0.39, 0.29) is 16.7 Å². The van der Waals surface area contributed by atoms with Crippen molar-refractivity contribution in [1.29, 1.82) is 0 Å². The Balaban J connectivity index is 3.83. The molecule has 0 heterocycles. The molecule has 0 saturated heterocycles. The van der Waals surface area contributed by atoms with Crippen molar-refractivity contribution < 1.29 is 19.1 Å². The molecule has 0 N–H and O–H groups in total. The Morgan fingerprint density at radius 2 is 1.67 bits per heavy atom. The van der Waals surface area contributed by atoms with Gasteiger partial charge in [0, 0.05) is 10.5 Å². The van der Waals surface area contributed by atoms with Crippen LogP contribution in [0.5, 0.6) is 0 Å². The van der Waals surface area contributed by atoms with E-state index in [0.29, 0.717) is 18.6 Å². The number of carbonyl (C=O) groups excluding carboxylic acids is 2. The summed E-state index contributed by atoms with van der Waals surface area (Å²) in [5, 5.41) is 0. The van der Waals surface area contributed by atoms with Crippen LogP contribution < -0.4 is 0 Å². The van der Waals surface area contributed by atoms with Gasteiger partial charge in [0.05, 0.1) is 27.1 Å². The van der Waals surface area contributed by atoms with Crippen LogP contribution in [0.1, 0.15) is 26.7 Å². The lowest BCUT2D eigenvalue weighted by molar-refractivity contribution is -0.141. The first kappa shape index (κ1) is 14.3. The molecule has 0 radical (unpaired) electrons. The minimum atomic E-state index is -0.231. The second-order valence-electron chi connectivity index (χ2n) is 3.69. The van der Waals surface area contributed by atoms with Gasteiger partial charge in [-0.1, -0.05) is 13.8 Å². The maximum absolute atomic E-state index is 11.1. The fourth-order valence-corrected chi connectivity index (χ4v) is 2.02. The number of methoxy groups -OCH3 is 2. The summed E-state index contributed by atoms with van der Waals surface area (Å²) in [6.45, 7) is 3.90. The first-order valence-electron chi connectivity index (χ1n) is 4.69. The minimum Gasteiger partial charge on any atom is -0.469 e. The average Bonchev–Trinajstić information content (AvgIpc) is 2.16. The molecule has 0 aromatic rings. The Kier molecular flexibility index (Phi) is 6.40. The lowest BCUT2D eigenvalue weighted by Gasteiger charge is -2.22. The predicted molar refractivity (Wildman–Crippen MR) is 59.8 cm³/mol. The van der Waals surface area contributed by atoms with E-state index in [9.17, 15) is 9.59 Å². The van der Waals surface area contributed by atoms with Gasteiger partial charge in [-0.3, -0.25) is 9.59 Å². The topological polar surface area (TPSA) is 52.6 Å². The number of esters is 2. The number of carbonyl (C=O) groups is 2. The molecule has 0 amide bonds. The highest BCUT2D eigenvalue weighted by molar-refractivity contribution is 8.00. The van der Waals surface area contributed by atoms with Crippen LogP contribution >= 0.6 is 11.8 Å². The van der Waals surface area contributed by atoms with E-state index in [1.807, 2.05) is 13.8 Å². The summed E-state index contributed by atoms with van der Waals surface area (Å²) in [7, 11) is 2.74. The van der Waals surface area contributed by atoms with Crippen molar-refractivity contribution in [3.05, 3.63) is 0 Å². The van der Waals surface area contributed by atoms with Crippen LogP contribution in [0.2, 0.25) is 0 Å². The van der Waals surface area contributed by atoms with Crippen LogP contribution in [0, 0.1) is 0 Å². The molecule has 88 valence electrons. The van der Waals surface area contributed by atoms with Gasteiger partial charge in [-0.15, -0.1) is 0 Å². The molecule has 5 heteroatoms. The summed E-state index contributed by atoms with van der Waals surface area (Å²) >= 11 is 1.56. The van der Waals surface area contributed by atoms with E-state index in [2.05, 4.69) is 9.47 Å². The fraction of sp³-hybridized carbons (Fsp3) is 0.800. The standard InChI is InChI=1S/C10H18O4S/c1-10(2,7-9(12)14-4)15-6-5-8(11)13-3/h5-7H2,1-4H3. The summed E-state index contributed by atoms with van der Waals surface area (Å²) in [6, 6.07) is 0. The Bertz CT molecular complexity index is 225. The van der Waals surface area contributed by atoms with Gasteiger partial charge in [-0.2, -0.15) is 11.8 Å². The first-order chi connectivity index (χ1) is 6.91. The Morgan fingerprint density at radius 1 is 1.13 bits per heavy atom. The smallest absolute Gasteiger partial charge is 0.306 e. The molecule has 0 aliphatic carbocycles. The molecule has 0 aromatic heterocycles. The molecule has 15 heavy (non-hydrogen) atoms. The molecule has 0 spiro atoms. The van der Waals surface area contributed by atoms with E-state index in [1.54, 1.807) is 11.8 Å². The van der Waals surface area contributed by atoms with Crippen LogP contribution in [0.15, 0.2) is 0 Å². The fourth-order valence-electron chi connectivity index (χ4n) is 0.984. The highest BCUT2D eigenvalue weighted by Gasteiger charge is 2.23. The Hall–Kier alpha value is -0.710. The summed E-state index contributed by atoms with van der Waals surface area (Å²) in [5.41, 5.74) is 0. The molecule has 0 unspecified atom stereocenters. The van der Waals surface area contributed by atoms with Gasteiger partial charge in [0.15, 0.2) is 0 Å². The predicted octanol–water partition coefficient (Wildman–Crippen LogP) is 1.62. The lowest BCUT2D eigenvalue weighted by atomic mass is 10.1. The highest BCUT2D eigenvalue weighted by Crippen LogP contribution is 2.28. The second kappa shape index (κ2) is 6.71. The molecular formula is C10H18O4S. The molecule has 0 rings (SSSR count). The van der Waals surface area contributed by atoms with E-state index in [4.69, 9.17) is 0 Å². The Labute approximate surface area is 94.7 Å². The maximum Gasteiger partial charge on any atom is 0.306 e. The molecule has 0 saturated carbocycles. The van der Waals surface area contributed by atoms with Crippen LogP contribution in [-0.2, 0) is 19.1 Å². The van der Waals surface area contributed by atoms with Crippen molar-refractivity contribution in [2.75, 3.05) is 20.0 Å². The molecule has 4 nitrogen and oxygen atoms in total. The van der Waals surface area contributed by atoms with E-state index in [0.717, 1.165) is 0 Å². The van der Waals surface area contributed by atoms with Crippen molar-refractivity contribution in [1.82, 2.24) is 0 Å². The number of hydrogen-bond acceptors (Lipinski definition) is 5. The zero-order valence-electron chi connectivity index (χ0n) is 9.66. The van der Waals surface area contributed by atoms with Crippen molar-refractivity contribution in [3.63, 3.8) is 0 Å². The van der Waals surface area contributed by atoms with Gasteiger partial charge in [-0.25, -0.2) is 0 Å². The second-order valence-corrected chi connectivity index (χ2v) is 5.49. The van der Waals surface area contributed by atoms with Crippen molar-refractivity contribution in [2.24, 2.45) is 0 Å². The number of ether oxygens (including phenoxy) is 2. The summed E-state index contributed by atoms with van der Waals surface area (Å²) < 4.78 is 8.91. The molecular weight excluding hydrogens is 216 g/mol. The molecule has 0 aromatic carbocycles. The molecule has 0 fully saturated rings.